The molecule has 0 saturated carbocycles. The second-order valence-electron chi connectivity index (χ2n) is 6.50. The lowest BCUT2D eigenvalue weighted by Gasteiger charge is -2.30. The number of amides is 1. The van der Waals surface area contributed by atoms with Crippen molar-refractivity contribution in [1.82, 2.24) is 4.90 Å². The summed E-state index contributed by atoms with van der Waals surface area (Å²) in [5.41, 5.74) is 7.11. The molecule has 1 amide bonds. The summed E-state index contributed by atoms with van der Waals surface area (Å²) < 4.78 is 34.6. The Morgan fingerprint density at radius 2 is 2.04 bits per heavy atom. The molecule has 1 aromatic rings. The summed E-state index contributed by atoms with van der Waals surface area (Å²) in [5.74, 6) is -0.0435. The fourth-order valence-electron chi connectivity index (χ4n) is 2.43. The third kappa shape index (κ3) is 4.59. The van der Waals surface area contributed by atoms with Crippen LogP contribution in [-0.2, 0) is 4.74 Å². The van der Waals surface area contributed by atoms with Crippen molar-refractivity contribution in [2.75, 3.05) is 18.8 Å². The van der Waals surface area contributed by atoms with Gasteiger partial charge in [-0.1, -0.05) is 18.2 Å². The van der Waals surface area contributed by atoms with E-state index >= 15 is 0 Å². The predicted molar refractivity (Wildman–Crippen MR) is 87.9 cm³/mol. The molecule has 24 heavy (non-hydrogen) atoms. The van der Waals surface area contributed by atoms with Crippen LogP contribution in [0.25, 0.3) is 5.57 Å². The van der Waals surface area contributed by atoms with Crippen LogP contribution in [0, 0.1) is 0 Å². The Bertz CT molecular complexity index is 639. The number of nitrogen functional groups attached to an aromatic ring is 1. The first-order valence-electron chi connectivity index (χ1n) is 7.68. The number of carbonyl (C=O) groups is 1. The zero-order valence-corrected chi connectivity index (χ0v) is 14.0. The summed E-state index contributed by atoms with van der Waals surface area (Å²) in [7, 11) is 0. The lowest BCUT2D eigenvalue weighted by molar-refractivity contribution is -0.0493. The standard InChI is InChI=1S/C17H22F2N2O3/c1-17(2,3)24-16(22)21-9-7-11(8-10-21)12-5-4-6-13(14(12)20)23-15(18)19/h4-7,15H,8-10,20H2,1-3H3. The molecule has 0 saturated heterocycles. The predicted octanol–water partition coefficient (Wildman–Crippen LogP) is 3.89. The van der Waals surface area contributed by atoms with E-state index in [-0.39, 0.29) is 17.5 Å². The summed E-state index contributed by atoms with van der Waals surface area (Å²) in [6.07, 6.45) is 2.04. The van der Waals surface area contributed by atoms with Crippen LogP contribution < -0.4 is 10.5 Å². The van der Waals surface area contributed by atoms with Crippen molar-refractivity contribution in [2.24, 2.45) is 0 Å². The quantitative estimate of drug-likeness (QED) is 0.848. The first-order chi connectivity index (χ1) is 11.2. The minimum atomic E-state index is -2.93. The van der Waals surface area contributed by atoms with Gasteiger partial charge in [0.05, 0.1) is 5.69 Å². The van der Waals surface area contributed by atoms with E-state index in [1.165, 1.54) is 6.07 Å². The average Bonchev–Trinajstić information content (AvgIpc) is 2.47. The highest BCUT2D eigenvalue weighted by molar-refractivity contribution is 5.80. The molecule has 1 aromatic carbocycles. The van der Waals surface area contributed by atoms with E-state index in [1.807, 2.05) is 26.8 Å². The number of carbonyl (C=O) groups excluding carboxylic acids is 1. The maximum Gasteiger partial charge on any atom is 0.410 e. The van der Waals surface area contributed by atoms with Gasteiger partial charge in [0.25, 0.3) is 0 Å². The van der Waals surface area contributed by atoms with Gasteiger partial charge in [0.15, 0.2) is 0 Å². The van der Waals surface area contributed by atoms with E-state index in [0.717, 1.165) is 5.57 Å². The van der Waals surface area contributed by atoms with E-state index in [1.54, 1.807) is 17.0 Å². The van der Waals surface area contributed by atoms with Crippen LogP contribution in [-0.4, -0.2) is 36.3 Å². The molecule has 2 rings (SSSR count). The largest absolute Gasteiger partial charge is 0.444 e. The van der Waals surface area contributed by atoms with Gasteiger partial charge in [-0.2, -0.15) is 8.78 Å². The van der Waals surface area contributed by atoms with Gasteiger partial charge in [-0.05, 0) is 38.8 Å². The molecule has 0 spiro atoms. The normalized spacial score (nSPS) is 15.2. The van der Waals surface area contributed by atoms with Crippen LogP contribution in [0.3, 0.4) is 0 Å². The molecule has 1 heterocycles. The maximum atomic E-state index is 12.4. The van der Waals surface area contributed by atoms with Crippen LogP contribution >= 0.6 is 0 Å². The van der Waals surface area contributed by atoms with Gasteiger partial charge in [0.1, 0.15) is 11.4 Å². The summed E-state index contributed by atoms with van der Waals surface area (Å²) in [6, 6.07) is 4.77. The second-order valence-corrected chi connectivity index (χ2v) is 6.50. The highest BCUT2D eigenvalue weighted by Crippen LogP contribution is 2.34. The first kappa shape index (κ1) is 18.0. The fourth-order valence-corrected chi connectivity index (χ4v) is 2.43. The monoisotopic (exact) mass is 340 g/mol. The number of para-hydroxylation sites is 1. The van der Waals surface area contributed by atoms with Crippen LogP contribution in [0.1, 0.15) is 32.8 Å². The van der Waals surface area contributed by atoms with Crippen LogP contribution in [0.2, 0.25) is 0 Å². The minimum Gasteiger partial charge on any atom is -0.444 e. The summed E-state index contributed by atoms with van der Waals surface area (Å²) >= 11 is 0. The van der Waals surface area contributed by atoms with Gasteiger partial charge < -0.3 is 20.1 Å². The number of benzene rings is 1. The van der Waals surface area contributed by atoms with E-state index in [9.17, 15) is 13.6 Å². The maximum absolute atomic E-state index is 12.4. The lowest BCUT2D eigenvalue weighted by atomic mass is 9.97. The van der Waals surface area contributed by atoms with Crippen molar-refractivity contribution in [3.63, 3.8) is 0 Å². The molecule has 0 bridgehead atoms. The average molecular weight is 340 g/mol. The van der Waals surface area contributed by atoms with E-state index < -0.39 is 12.2 Å². The lowest BCUT2D eigenvalue weighted by Crippen LogP contribution is -2.39. The minimum absolute atomic E-state index is 0.0435. The molecule has 7 heteroatoms. The molecule has 1 aliphatic rings. The van der Waals surface area contributed by atoms with Crippen LogP contribution in [0.15, 0.2) is 24.3 Å². The molecule has 0 unspecified atom stereocenters. The third-order valence-electron chi connectivity index (χ3n) is 3.49. The zero-order valence-electron chi connectivity index (χ0n) is 14.0. The Hall–Kier alpha value is -2.31. The Balaban J connectivity index is 2.12. The number of nitrogens with two attached hydrogens (primary N) is 1. The molecule has 0 fully saturated rings. The Kier molecular flexibility index (Phi) is 5.31. The number of anilines is 1. The Morgan fingerprint density at radius 1 is 1.33 bits per heavy atom. The summed E-state index contributed by atoms with van der Waals surface area (Å²) in [4.78, 5) is 13.6. The van der Waals surface area contributed by atoms with Crippen molar-refractivity contribution in [3.8, 4) is 5.75 Å². The fraction of sp³-hybridized carbons (Fsp3) is 0.471. The van der Waals surface area contributed by atoms with E-state index in [2.05, 4.69) is 4.74 Å². The number of rotatable bonds is 3. The number of hydrogen-bond donors (Lipinski definition) is 1. The molecule has 2 N–H and O–H groups in total. The first-order valence-corrected chi connectivity index (χ1v) is 7.68. The SMILES string of the molecule is CC(C)(C)OC(=O)N1CC=C(c2cccc(OC(F)F)c2N)CC1. The third-order valence-corrected chi connectivity index (χ3v) is 3.49. The number of alkyl halides is 2. The second kappa shape index (κ2) is 7.07. The molecule has 0 aromatic heterocycles. The Morgan fingerprint density at radius 3 is 2.58 bits per heavy atom. The topological polar surface area (TPSA) is 64.8 Å². The van der Waals surface area contributed by atoms with Gasteiger partial charge in [0, 0.05) is 18.7 Å². The van der Waals surface area contributed by atoms with Crippen molar-refractivity contribution in [3.05, 3.63) is 29.8 Å². The van der Waals surface area contributed by atoms with Gasteiger partial charge in [-0.25, -0.2) is 4.79 Å². The molecular formula is C17H22F2N2O3. The van der Waals surface area contributed by atoms with Crippen molar-refractivity contribution in [2.45, 2.75) is 39.4 Å². The van der Waals surface area contributed by atoms with Crippen molar-refractivity contribution >= 4 is 17.4 Å². The highest BCUT2D eigenvalue weighted by atomic mass is 19.3. The number of hydrogen-bond acceptors (Lipinski definition) is 4. The van der Waals surface area contributed by atoms with Gasteiger partial charge >= 0.3 is 12.7 Å². The molecule has 1 aliphatic heterocycles. The highest BCUT2D eigenvalue weighted by Gasteiger charge is 2.24. The summed E-state index contributed by atoms with van der Waals surface area (Å²) in [6.45, 7) is 3.36. The number of nitrogens with zero attached hydrogens (tertiary/aromatic N) is 1. The molecule has 132 valence electrons. The van der Waals surface area contributed by atoms with Gasteiger partial charge in [-0.15, -0.1) is 0 Å². The Labute approximate surface area is 140 Å². The molecule has 5 nitrogen and oxygen atoms in total. The van der Waals surface area contributed by atoms with Crippen LogP contribution in [0.4, 0.5) is 19.3 Å². The van der Waals surface area contributed by atoms with Crippen molar-refractivity contribution < 1.29 is 23.0 Å². The van der Waals surface area contributed by atoms with Crippen LogP contribution in [0.5, 0.6) is 5.75 Å². The van der Waals surface area contributed by atoms with E-state index in [0.29, 0.717) is 25.1 Å². The van der Waals surface area contributed by atoms with Gasteiger partial charge in [-0.3, -0.25) is 0 Å². The molecular weight excluding hydrogens is 318 g/mol. The molecule has 0 atom stereocenters. The number of halogens is 2. The summed E-state index contributed by atoms with van der Waals surface area (Å²) in [5, 5.41) is 0. The molecule has 0 radical (unpaired) electrons. The van der Waals surface area contributed by atoms with Crippen molar-refractivity contribution in [1.29, 1.82) is 0 Å². The molecule has 0 aliphatic carbocycles. The zero-order chi connectivity index (χ0) is 17.9. The number of ether oxygens (including phenoxy) is 2. The van der Waals surface area contributed by atoms with E-state index in [4.69, 9.17) is 10.5 Å². The smallest absolute Gasteiger partial charge is 0.410 e. The van der Waals surface area contributed by atoms with Gasteiger partial charge in [0.2, 0.25) is 0 Å².